The Morgan fingerprint density at radius 1 is 1.12 bits per heavy atom. The van der Waals surface area contributed by atoms with E-state index in [4.69, 9.17) is 14.5 Å². The first-order chi connectivity index (χ1) is 15.1. The van der Waals surface area contributed by atoms with Gasteiger partial charge in [-0.15, -0.1) is 24.0 Å². The van der Waals surface area contributed by atoms with Crippen molar-refractivity contribution in [2.75, 3.05) is 26.9 Å². The Kier molecular flexibility index (Phi) is 8.60. The van der Waals surface area contributed by atoms with Crippen molar-refractivity contribution >= 4 is 35.8 Å². The van der Waals surface area contributed by atoms with Crippen LogP contribution in [0, 0.1) is 0 Å². The van der Waals surface area contributed by atoms with Crippen LogP contribution in [0.15, 0.2) is 47.5 Å². The number of aliphatic imine (C=N–C) groups is 1. The fraction of sp³-hybridized carbons (Fsp3) is 0.417. The summed E-state index contributed by atoms with van der Waals surface area (Å²) in [6.45, 7) is 5.97. The van der Waals surface area contributed by atoms with E-state index in [1.807, 2.05) is 30.1 Å². The highest BCUT2D eigenvalue weighted by Crippen LogP contribution is 2.32. The van der Waals surface area contributed by atoms with Crippen LogP contribution in [0.3, 0.4) is 0 Å². The second kappa shape index (κ2) is 11.4. The standard InChI is InChI=1S/C24H30N4O3.HI/c1-3-25-24(27(2)15-20-9-10-21-22(13-20)31-17-30-21)26-14-18-6-4-7-19(12-18)16-28-11-5-8-23(28)29;/h4,6-7,9-10,12-13H,3,5,8,11,14-17H2,1-2H3,(H,25,26);1H. The third kappa shape index (κ3) is 6.05. The minimum Gasteiger partial charge on any atom is -0.454 e. The van der Waals surface area contributed by atoms with Gasteiger partial charge in [0.25, 0.3) is 0 Å². The van der Waals surface area contributed by atoms with Crippen LogP contribution in [0.1, 0.15) is 36.5 Å². The number of carbonyl (C=O) groups is 1. The van der Waals surface area contributed by atoms with E-state index in [0.29, 0.717) is 26.1 Å². The molecule has 0 aliphatic carbocycles. The SMILES string of the molecule is CCNC(=NCc1cccc(CN2CCCC2=O)c1)N(C)Cc1ccc2c(c1)OCO2.I. The van der Waals surface area contributed by atoms with Crippen LogP contribution in [0.5, 0.6) is 11.5 Å². The predicted octanol–water partition coefficient (Wildman–Crippen LogP) is 3.75. The Balaban J connectivity index is 0.00000289. The van der Waals surface area contributed by atoms with E-state index in [0.717, 1.165) is 53.7 Å². The number of carbonyl (C=O) groups excluding carboxylic acids is 1. The molecule has 2 aromatic carbocycles. The van der Waals surface area contributed by atoms with Gasteiger partial charge in [0.15, 0.2) is 17.5 Å². The van der Waals surface area contributed by atoms with Gasteiger partial charge in [-0.25, -0.2) is 4.99 Å². The van der Waals surface area contributed by atoms with Crippen molar-refractivity contribution in [3.8, 4) is 11.5 Å². The maximum absolute atomic E-state index is 11.9. The molecule has 1 N–H and O–H groups in total. The highest BCUT2D eigenvalue weighted by Gasteiger charge is 2.20. The van der Waals surface area contributed by atoms with Crippen molar-refractivity contribution in [1.29, 1.82) is 0 Å². The lowest BCUT2D eigenvalue weighted by Crippen LogP contribution is -2.38. The molecule has 1 saturated heterocycles. The van der Waals surface area contributed by atoms with Gasteiger partial charge in [0.2, 0.25) is 12.7 Å². The van der Waals surface area contributed by atoms with Crippen LogP contribution in [0.2, 0.25) is 0 Å². The van der Waals surface area contributed by atoms with Crippen LogP contribution < -0.4 is 14.8 Å². The van der Waals surface area contributed by atoms with Gasteiger partial charge in [-0.1, -0.05) is 30.3 Å². The smallest absolute Gasteiger partial charge is 0.231 e. The number of likely N-dealkylation sites (tertiary alicyclic amines) is 1. The fourth-order valence-corrected chi connectivity index (χ4v) is 3.94. The third-order valence-electron chi connectivity index (χ3n) is 5.50. The number of guanidine groups is 1. The number of halogens is 1. The number of nitrogens with zero attached hydrogens (tertiary/aromatic N) is 3. The Hall–Kier alpha value is -2.49. The summed E-state index contributed by atoms with van der Waals surface area (Å²) >= 11 is 0. The molecule has 172 valence electrons. The average Bonchev–Trinajstić information content (AvgIpc) is 3.40. The topological polar surface area (TPSA) is 66.4 Å². The molecule has 7 nitrogen and oxygen atoms in total. The molecule has 0 bridgehead atoms. The normalized spacial score (nSPS) is 15.0. The predicted molar refractivity (Wildman–Crippen MR) is 135 cm³/mol. The van der Waals surface area contributed by atoms with Gasteiger partial charge in [-0.3, -0.25) is 4.79 Å². The van der Waals surface area contributed by atoms with Crippen molar-refractivity contribution in [2.24, 2.45) is 4.99 Å². The van der Waals surface area contributed by atoms with Crippen LogP contribution >= 0.6 is 24.0 Å². The zero-order valence-electron chi connectivity index (χ0n) is 18.7. The Morgan fingerprint density at radius 3 is 2.72 bits per heavy atom. The van der Waals surface area contributed by atoms with E-state index in [1.165, 1.54) is 0 Å². The molecule has 1 fully saturated rings. The number of benzene rings is 2. The van der Waals surface area contributed by atoms with Crippen molar-refractivity contribution in [2.45, 2.75) is 39.4 Å². The minimum atomic E-state index is 0. The van der Waals surface area contributed by atoms with E-state index in [-0.39, 0.29) is 36.7 Å². The van der Waals surface area contributed by atoms with Crippen molar-refractivity contribution in [1.82, 2.24) is 15.1 Å². The van der Waals surface area contributed by atoms with Gasteiger partial charge in [0.1, 0.15) is 0 Å². The molecule has 2 aliphatic rings. The Labute approximate surface area is 206 Å². The maximum atomic E-state index is 11.9. The van der Waals surface area contributed by atoms with Crippen LogP contribution in [0.4, 0.5) is 0 Å². The van der Waals surface area contributed by atoms with E-state index < -0.39 is 0 Å². The molecule has 0 atom stereocenters. The number of ether oxygens (including phenoxy) is 2. The van der Waals surface area contributed by atoms with E-state index in [1.54, 1.807) is 0 Å². The van der Waals surface area contributed by atoms with E-state index in [9.17, 15) is 4.79 Å². The summed E-state index contributed by atoms with van der Waals surface area (Å²) in [4.78, 5) is 20.8. The molecule has 4 rings (SSSR count). The molecule has 1 amide bonds. The molecular formula is C24H31IN4O3. The first kappa shape index (κ1) is 24.2. The van der Waals surface area contributed by atoms with Crippen LogP contribution in [0.25, 0.3) is 0 Å². The van der Waals surface area contributed by atoms with E-state index >= 15 is 0 Å². The van der Waals surface area contributed by atoms with Crippen molar-refractivity contribution in [3.63, 3.8) is 0 Å². The zero-order chi connectivity index (χ0) is 21.6. The highest BCUT2D eigenvalue weighted by atomic mass is 127. The van der Waals surface area contributed by atoms with Gasteiger partial charge in [-0.2, -0.15) is 0 Å². The maximum Gasteiger partial charge on any atom is 0.231 e. The minimum absolute atomic E-state index is 0. The van der Waals surface area contributed by atoms with Crippen molar-refractivity contribution in [3.05, 3.63) is 59.2 Å². The quantitative estimate of drug-likeness (QED) is 0.323. The van der Waals surface area contributed by atoms with E-state index in [2.05, 4.69) is 41.4 Å². The Morgan fingerprint density at radius 2 is 1.94 bits per heavy atom. The third-order valence-corrected chi connectivity index (χ3v) is 5.50. The lowest BCUT2D eigenvalue weighted by atomic mass is 10.1. The molecule has 2 aliphatic heterocycles. The van der Waals surface area contributed by atoms with Crippen LogP contribution in [-0.2, 0) is 24.4 Å². The largest absolute Gasteiger partial charge is 0.454 e. The average molecular weight is 550 g/mol. The van der Waals surface area contributed by atoms with Crippen molar-refractivity contribution < 1.29 is 14.3 Å². The summed E-state index contributed by atoms with van der Waals surface area (Å²) in [6.07, 6.45) is 1.64. The van der Waals surface area contributed by atoms with Gasteiger partial charge in [0.05, 0.1) is 6.54 Å². The highest BCUT2D eigenvalue weighted by molar-refractivity contribution is 14.0. The summed E-state index contributed by atoms with van der Waals surface area (Å²) in [6, 6.07) is 14.4. The number of hydrogen-bond donors (Lipinski definition) is 1. The summed E-state index contributed by atoms with van der Waals surface area (Å²) in [7, 11) is 2.03. The molecule has 0 spiro atoms. The molecule has 0 saturated carbocycles. The van der Waals surface area contributed by atoms with Gasteiger partial charge < -0.3 is 24.6 Å². The number of hydrogen-bond acceptors (Lipinski definition) is 4. The summed E-state index contributed by atoms with van der Waals surface area (Å²) in [5.41, 5.74) is 3.42. The fourth-order valence-electron chi connectivity index (χ4n) is 3.94. The number of rotatable bonds is 7. The van der Waals surface area contributed by atoms with Gasteiger partial charge in [-0.05, 0) is 42.2 Å². The second-order valence-corrected chi connectivity index (χ2v) is 7.95. The Bertz CT molecular complexity index is 966. The molecular weight excluding hydrogens is 519 g/mol. The summed E-state index contributed by atoms with van der Waals surface area (Å²) < 4.78 is 10.9. The number of nitrogens with one attached hydrogen (secondary N) is 1. The van der Waals surface area contributed by atoms with Gasteiger partial charge in [0, 0.05) is 39.6 Å². The number of amides is 1. The first-order valence-corrected chi connectivity index (χ1v) is 10.9. The lowest BCUT2D eigenvalue weighted by Gasteiger charge is -2.22. The second-order valence-electron chi connectivity index (χ2n) is 7.95. The molecule has 8 heteroatoms. The molecule has 2 aromatic rings. The summed E-state index contributed by atoms with van der Waals surface area (Å²) in [5, 5.41) is 3.37. The molecule has 32 heavy (non-hydrogen) atoms. The molecule has 0 radical (unpaired) electrons. The molecule has 0 aromatic heterocycles. The monoisotopic (exact) mass is 550 g/mol. The lowest BCUT2D eigenvalue weighted by molar-refractivity contribution is -0.128. The first-order valence-electron chi connectivity index (χ1n) is 10.9. The number of fused-ring (bicyclic) bond motifs is 1. The molecule has 2 heterocycles. The molecule has 0 unspecified atom stereocenters. The summed E-state index contributed by atoms with van der Waals surface area (Å²) in [5.74, 6) is 2.69. The zero-order valence-corrected chi connectivity index (χ0v) is 21.0. The van der Waals surface area contributed by atoms with Gasteiger partial charge >= 0.3 is 0 Å². The van der Waals surface area contributed by atoms with Crippen LogP contribution in [-0.4, -0.2) is 48.6 Å².